The van der Waals surface area contributed by atoms with Gasteiger partial charge in [-0.3, -0.25) is 10.00 Å². The summed E-state index contributed by atoms with van der Waals surface area (Å²) < 4.78 is 40.9. The lowest BCUT2D eigenvalue weighted by atomic mass is 9.74. The molecule has 0 bridgehead atoms. The number of ether oxygens (including phenoxy) is 4. The summed E-state index contributed by atoms with van der Waals surface area (Å²) in [6.45, 7) is 9.85. The molecular formula is C37H49ClFN7O5. The Kier molecular flexibility index (Phi) is 11.1. The normalized spacial score (nSPS) is 27.4. The number of nitrogens with zero attached hydrogens (tertiary/aromatic N) is 6. The van der Waals surface area contributed by atoms with Gasteiger partial charge in [0.2, 0.25) is 5.88 Å². The van der Waals surface area contributed by atoms with Crippen LogP contribution in [-0.4, -0.2) is 115 Å². The highest BCUT2D eigenvalue weighted by Crippen LogP contribution is 2.49. The Hall–Kier alpha value is -3.36. The van der Waals surface area contributed by atoms with Gasteiger partial charge in [-0.2, -0.15) is 15.1 Å². The van der Waals surface area contributed by atoms with Crippen molar-refractivity contribution < 1.29 is 28.4 Å². The zero-order valence-corrected chi connectivity index (χ0v) is 30.4. The highest BCUT2D eigenvalue weighted by atomic mass is 35.5. The number of piperidine rings is 1. The van der Waals surface area contributed by atoms with E-state index in [-0.39, 0.29) is 47.4 Å². The minimum absolute atomic E-state index is 0.0147. The van der Waals surface area contributed by atoms with E-state index in [1.165, 1.54) is 7.11 Å². The molecule has 5 heterocycles. The second-order valence-corrected chi connectivity index (χ2v) is 14.8. The van der Waals surface area contributed by atoms with Crippen LogP contribution in [0.15, 0.2) is 17.3 Å². The largest absolute Gasteiger partial charge is 0.480 e. The van der Waals surface area contributed by atoms with Crippen molar-refractivity contribution in [3.8, 4) is 6.01 Å². The molecule has 4 aliphatic rings. The van der Waals surface area contributed by atoms with Crippen LogP contribution in [0.1, 0.15) is 62.5 Å². The van der Waals surface area contributed by atoms with E-state index in [1.807, 2.05) is 11.8 Å². The van der Waals surface area contributed by atoms with E-state index in [1.54, 1.807) is 12.3 Å². The number of nitrogens with one attached hydrogen (secondary N) is 1. The van der Waals surface area contributed by atoms with Gasteiger partial charge in [0.1, 0.15) is 22.2 Å². The van der Waals surface area contributed by atoms with Crippen LogP contribution in [0.3, 0.4) is 0 Å². The van der Waals surface area contributed by atoms with Gasteiger partial charge in [-0.15, -0.1) is 0 Å². The molecule has 3 aliphatic heterocycles. The molecule has 2 aromatic heterocycles. The topological polar surface area (TPSA) is 130 Å². The summed E-state index contributed by atoms with van der Waals surface area (Å²) in [5.74, 6) is -0.158. The molecule has 12 nitrogen and oxygen atoms in total. The first-order valence-electron chi connectivity index (χ1n) is 18.2. The molecular weight excluding hydrogens is 677 g/mol. The lowest BCUT2D eigenvalue weighted by Gasteiger charge is -2.49. The van der Waals surface area contributed by atoms with Gasteiger partial charge in [0.15, 0.2) is 0 Å². The highest BCUT2D eigenvalue weighted by molar-refractivity contribution is 6.32. The van der Waals surface area contributed by atoms with Crippen LogP contribution in [0.25, 0.3) is 22.6 Å². The predicted octanol–water partition coefficient (Wildman–Crippen LogP) is 3.83. The number of anilines is 1. The molecule has 4 fully saturated rings. The maximum Gasteiger partial charge on any atom is 0.319 e. The molecule has 0 amide bonds. The average Bonchev–Trinajstić information content (AvgIpc) is 3.61. The maximum atomic E-state index is 17.1. The van der Waals surface area contributed by atoms with E-state index in [0.29, 0.717) is 53.8 Å². The van der Waals surface area contributed by atoms with Crippen LogP contribution < -0.4 is 20.2 Å². The minimum atomic E-state index is -0.788. The molecule has 1 aromatic carbocycles. The number of aliphatic hydroxyl groups excluding tert-OH is 1. The molecule has 4 atom stereocenters. The van der Waals surface area contributed by atoms with Crippen molar-refractivity contribution >= 4 is 46.7 Å². The van der Waals surface area contributed by atoms with Gasteiger partial charge >= 0.3 is 6.01 Å². The summed E-state index contributed by atoms with van der Waals surface area (Å²) in [4.78, 5) is 18.4. The number of likely N-dealkylation sites (tertiary alicyclic amines) is 1. The van der Waals surface area contributed by atoms with Gasteiger partial charge in [0.05, 0.1) is 44.7 Å². The van der Waals surface area contributed by atoms with Gasteiger partial charge in [-0.05, 0) is 82.3 Å². The predicted molar refractivity (Wildman–Crippen MR) is 194 cm³/mol. The lowest BCUT2D eigenvalue weighted by Crippen LogP contribution is -2.55. The maximum absolute atomic E-state index is 17.1. The summed E-state index contributed by atoms with van der Waals surface area (Å²) in [5, 5.41) is 19.3. The molecule has 4 unspecified atom stereocenters. The molecule has 1 saturated carbocycles. The molecule has 3 saturated heterocycles. The average molecular weight is 726 g/mol. The molecule has 7 rings (SSSR count). The van der Waals surface area contributed by atoms with Crippen LogP contribution in [0.5, 0.6) is 6.01 Å². The summed E-state index contributed by atoms with van der Waals surface area (Å²) in [5.41, 5.74) is 2.08. The van der Waals surface area contributed by atoms with Crippen molar-refractivity contribution in [1.29, 1.82) is 0 Å². The Morgan fingerprint density at radius 1 is 1.16 bits per heavy atom. The van der Waals surface area contributed by atoms with Crippen LogP contribution in [0, 0.1) is 12.3 Å². The Balaban J connectivity index is 1.33. The minimum Gasteiger partial charge on any atom is -0.480 e. The number of aromatic nitrogens is 4. The number of benzene rings is 1. The Morgan fingerprint density at radius 3 is 2.86 bits per heavy atom. The lowest BCUT2D eigenvalue weighted by molar-refractivity contribution is -0.0267. The van der Waals surface area contributed by atoms with E-state index in [2.05, 4.69) is 26.8 Å². The fourth-order valence-electron chi connectivity index (χ4n) is 8.84. The standard InChI is InChI=1S/C37H49ClFN7O5/c1-23-26(27-19-41-44-30(27)18-28(23)38)17-29(39)33-32(35(40-2)48-3)34(45-13-16-50-21-25(47)20-45)43-36(42-33)51-22-37-10-4-8-31(37)46(12-6-11-37)24-7-5-14-49-15-9-24/h18-19,24-25,31,47H,2,4-17,20-22H2,1,3H3,(H,41,44)/b33-29-,35-32-. The molecule has 0 spiro atoms. The van der Waals surface area contributed by atoms with Crippen molar-refractivity contribution in [1.82, 2.24) is 25.1 Å². The van der Waals surface area contributed by atoms with E-state index in [9.17, 15) is 5.11 Å². The molecule has 51 heavy (non-hydrogen) atoms. The number of hydrogen-bond donors (Lipinski definition) is 2. The zero-order chi connectivity index (χ0) is 35.5. The van der Waals surface area contributed by atoms with E-state index < -0.39 is 11.9 Å². The van der Waals surface area contributed by atoms with Gasteiger partial charge in [0.25, 0.3) is 0 Å². The van der Waals surface area contributed by atoms with Gasteiger partial charge in [0, 0.05) is 60.6 Å². The zero-order valence-electron chi connectivity index (χ0n) is 29.6. The molecule has 3 aromatic rings. The molecule has 1 aliphatic carbocycles. The summed E-state index contributed by atoms with van der Waals surface area (Å²) in [7, 11) is 1.45. The first kappa shape index (κ1) is 36.0. The molecule has 2 N–H and O–H groups in total. The number of β-amino-alcohol motifs (C(OH)–C–C–N with tert-alkyl or cyclic N) is 1. The van der Waals surface area contributed by atoms with Crippen LogP contribution in [0.2, 0.25) is 5.02 Å². The van der Waals surface area contributed by atoms with Crippen molar-refractivity contribution in [2.75, 3.05) is 64.7 Å². The SMILES string of the molecule is C=N/C(OC)=c1/c(N2CCOCC(O)C2)nc(OCC23CCCC2N(C2CCCOCC2)CCC3)n/c1=C(\F)Cc1c(C)c(Cl)cc2[nH]ncc12. The summed E-state index contributed by atoms with van der Waals surface area (Å²) in [6.07, 6.45) is 9.52. The third-order valence-corrected chi connectivity index (χ3v) is 11.8. The fraction of sp³-hybridized carbons (Fsp3) is 0.622. The fourth-order valence-corrected chi connectivity index (χ4v) is 9.07. The van der Waals surface area contributed by atoms with Crippen molar-refractivity contribution in [2.45, 2.75) is 82.9 Å². The quantitative estimate of drug-likeness (QED) is 0.314. The number of aromatic amines is 1. The number of H-pyrrole nitrogens is 1. The summed E-state index contributed by atoms with van der Waals surface area (Å²) >= 11 is 6.59. The summed E-state index contributed by atoms with van der Waals surface area (Å²) in [6, 6.07) is 2.76. The third-order valence-electron chi connectivity index (χ3n) is 11.4. The number of methoxy groups -OCH3 is 1. The third kappa shape index (κ3) is 7.33. The number of fused-ring (bicyclic) bond motifs is 2. The smallest absolute Gasteiger partial charge is 0.319 e. The first-order chi connectivity index (χ1) is 24.8. The first-order valence-corrected chi connectivity index (χ1v) is 18.6. The van der Waals surface area contributed by atoms with E-state index in [0.717, 1.165) is 82.1 Å². The molecule has 0 radical (unpaired) electrons. The Labute approximate surface area is 302 Å². The second kappa shape index (κ2) is 15.7. The number of halogens is 2. The van der Waals surface area contributed by atoms with Crippen LogP contribution in [0.4, 0.5) is 10.2 Å². The van der Waals surface area contributed by atoms with Crippen LogP contribution >= 0.6 is 11.6 Å². The number of aliphatic imine (C=N–C) groups is 1. The number of rotatable bonds is 9. The van der Waals surface area contributed by atoms with Crippen molar-refractivity contribution in [2.24, 2.45) is 10.4 Å². The van der Waals surface area contributed by atoms with Gasteiger partial charge in [-0.25, -0.2) is 9.38 Å². The Morgan fingerprint density at radius 2 is 2.02 bits per heavy atom. The van der Waals surface area contributed by atoms with E-state index in [4.69, 9.17) is 40.5 Å². The second-order valence-electron chi connectivity index (χ2n) is 14.4. The number of hydrogen-bond acceptors (Lipinski definition) is 11. The molecule has 14 heteroatoms. The highest BCUT2D eigenvalue weighted by Gasteiger charge is 2.50. The van der Waals surface area contributed by atoms with Gasteiger partial charge < -0.3 is 29.0 Å². The van der Waals surface area contributed by atoms with E-state index >= 15 is 4.39 Å². The number of aliphatic hydroxyl groups is 1. The van der Waals surface area contributed by atoms with Crippen LogP contribution in [-0.2, 0) is 20.6 Å². The Bertz CT molecular complexity index is 1850. The molecule has 276 valence electrons. The van der Waals surface area contributed by atoms with Gasteiger partial charge in [-0.1, -0.05) is 18.0 Å². The van der Waals surface area contributed by atoms with Crippen molar-refractivity contribution in [3.63, 3.8) is 0 Å². The monoisotopic (exact) mass is 725 g/mol. The van der Waals surface area contributed by atoms with Crippen molar-refractivity contribution in [3.05, 3.63) is 39.0 Å².